The average molecular weight is 487 g/mol. The van der Waals surface area contributed by atoms with Gasteiger partial charge in [-0.3, -0.25) is 4.79 Å². The van der Waals surface area contributed by atoms with E-state index in [0.29, 0.717) is 44.3 Å². The van der Waals surface area contributed by atoms with E-state index in [1.165, 1.54) is 10.4 Å². The molecule has 8 nitrogen and oxygen atoms in total. The number of hydrogen-bond acceptors (Lipinski definition) is 6. The Bertz CT molecular complexity index is 1150. The van der Waals surface area contributed by atoms with E-state index in [4.69, 9.17) is 14.2 Å². The number of sulfonamides is 1. The average Bonchev–Trinajstić information content (AvgIpc) is 3.36. The molecule has 2 aromatic carbocycles. The van der Waals surface area contributed by atoms with Gasteiger partial charge < -0.3 is 19.5 Å². The van der Waals surface area contributed by atoms with Crippen molar-refractivity contribution >= 4 is 15.9 Å². The molecule has 9 heteroatoms. The number of piperidine rings is 1. The van der Waals surface area contributed by atoms with E-state index in [-0.39, 0.29) is 28.6 Å². The van der Waals surface area contributed by atoms with Crippen molar-refractivity contribution in [1.82, 2.24) is 9.62 Å². The number of amides is 1. The van der Waals surface area contributed by atoms with Crippen LogP contribution in [0.3, 0.4) is 0 Å². The molecule has 0 aliphatic carbocycles. The third-order valence-corrected chi connectivity index (χ3v) is 9.04. The maximum Gasteiger partial charge on any atom is 0.252 e. The van der Waals surface area contributed by atoms with Crippen LogP contribution in [0.25, 0.3) is 0 Å². The van der Waals surface area contributed by atoms with Crippen LogP contribution in [-0.4, -0.2) is 58.3 Å². The molecule has 0 aromatic heterocycles. The second-order valence-electron chi connectivity index (χ2n) is 9.10. The van der Waals surface area contributed by atoms with E-state index >= 15 is 0 Å². The van der Waals surface area contributed by atoms with Crippen LogP contribution < -0.4 is 14.8 Å². The van der Waals surface area contributed by atoms with Gasteiger partial charge >= 0.3 is 0 Å². The lowest BCUT2D eigenvalue weighted by atomic mass is 9.74. The topological polar surface area (TPSA) is 94.2 Å². The molecule has 0 bridgehead atoms. The van der Waals surface area contributed by atoms with E-state index in [0.717, 1.165) is 37.7 Å². The molecule has 0 atom stereocenters. The minimum Gasteiger partial charge on any atom is -0.454 e. The Balaban J connectivity index is 1.39. The zero-order chi connectivity index (χ0) is 23.6. The lowest BCUT2D eigenvalue weighted by Crippen LogP contribution is -2.45. The fraction of sp³-hybridized carbons (Fsp3) is 0.480. The maximum atomic E-state index is 13.3. The Morgan fingerprint density at radius 1 is 0.971 bits per heavy atom. The largest absolute Gasteiger partial charge is 0.454 e. The predicted octanol–water partition coefficient (Wildman–Crippen LogP) is 3.07. The highest BCUT2D eigenvalue weighted by Gasteiger charge is 2.37. The second kappa shape index (κ2) is 9.56. The molecule has 1 N–H and O–H groups in total. The predicted molar refractivity (Wildman–Crippen MR) is 126 cm³/mol. The SMILES string of the molecule is O=C(NCC1(c2ccc3c(c2)OCO3)CCOCC1)c1ccccc1S(=O)(=O)N1CCCCC1. The van der Waals surface area contributed by atoms with Crippen LogP contribution in [0.1, 0.15) is 48.0 Å². The van der Waals surface area contributed by atoms with Crippen LogP contribution in [0.4, 0.5) is 0 Å². The molecule has 182 valence electrons. The molecule has 0 radical (unpaired) electrons. The van der Waals surface area contributed by atoms with Gasteiger partial charge in [0.05, 0.1) is 10.5 Å². The van der Waals surface area contributed by atoms with Gasteiger partial charge in [-0.15, -0.1) is 0 Å². The first-order valence-electron chi connectivity index (χ1n) is 11.8. The summed E-state index contributed by atoms with van der Waals surface area (Å²) in [5.74, 6) is 1.03. The fourth-order valence-electron chi connectivity index (χ4n) is 5.02. The highest BCUT2D eigenvalue weighted by molar-refractivity contribution is 7.89. The molecule has 2 fully saturated rings. The zero-order valence-electron chi connectivity index (χ0n) is 19.1. The highest BCUT2D eigenvalue weighted by atomic mass is 32.2. The number of nitrogens with zero attached hydrogens (tertiary/aromatic N) is 1. The number of ether oxygens (including phenoxy) is 3. The molecule has 0 spiro atoms. The molecule has 3 heterocycles. The van der Waals surface area contributed by atoms with Gasteiger partial charge in [-0.1, -0.05) is 24.6 Å². The first-order valence-corrected chi connectivity index (χ1v) is 13.3. The quantitative estimate of drug-likeness (QED) is 0.675. The van der Waals surface area contributed by atoms with Gasteiger partial charge in [-0.05, 0) is 55.5 Å². The van der Waals surface area contributed by atoms with Crippen molar-refractivity contribution in [3.8, 4) is 11.5 Å². The lowest BCUT2D eigenvalue weighted by molar-refractivity contribution is 0.0486. The Hall–Kier alpha value is -2.62. The molecule has 2 aromatic rings. The van der Waals surface area contributed by atoms with Gasteiger partial charge in [0.25, 0.3) is 5.91 Å². The van der Waals surface area contributed by atoms with Crippen LogP contribution in [-0.2, 0) is 20.2 Å². The third-order valence-electron chi connectivity index (χ3n) is 7.09. The van der Waals surface area contributed by atoms with Crippen molar-refractivity contribution in [3.63, 3.8) is 0 Å². The molecule has 34 heavy (non-hydrogen) atoms. The lowest BCUT2D eigenvalue weighted by Gasteiger charge is -2.38. The molecular weight excluding hydrogens is 456 g/mol. The van der Waals surface area contributed by atoms with Crippen molar-refractivity contribution in [2.75, 3.05) is 39.6 Å². The zero-order valence-corrected chi connectivity index (χ0v) is 19.9. The van der Waals surface area contributed by atoms with Crippen LogP contribution in [0.2, 0.25) is 0 Å². The van der Waals surface area contributed by atoms with Crippen molar-refractivity contribution in [2.24, 2.45) is 0 Å². The van der Waals surface area contributed by atoms with E-state index in [9.17, 15) is 13.2 Å². The van der Waals surface area contributed by atoms with Crippen molar-refractivity contribution in [3.05, 3.63) is 53.6 Å². The smallest absolute Gasteiger partial charge is 0.252 e. The Labute approximate surface area is 200 Å². The van der Waals surface area contributed by atoms with Gasteiger partial charge in [-0.2, -0.15) is 4.31 Å². The Morgan fingerprint density at radius 2 is 1.71 bits per heavy atom. The fourth-order valence-corrected chi connectivity index (χ4v) is 6.73. The van der Waals surface area contributed by atoms with Gasteiger partial charge in [-0.25, -0.2) is 8.42 Å². The summed E-state index contributed by atoms with van der Waals surface area (Å²) in [6.07, 6.45) is 4.18. The van der Waals surface area contributed by atoms with Crippen LogP contribution in [0.15, 0.2) is 47.4 Å². The van der Waals surface area contributed by atoms with Gasteiger partial charge in [0, 0.05) is 38.3 Å². The first kappa shape index (κ1) is 23.1. The normalized spacial score (nSPS) is 20.1. The van der Waals surface area contributed by atoms with E-state index in [2.05, 4.69) is 5.32 Å². The highest BCUT2D eigenvalue weighted by Crippen LogP contribution is 2.40. The molecule has 3 aliphatic heterocycles. The standard InChI is InChI=1S/C25H30N2O6S/c28-24(20-6-2-3-7-23(20)34(29,30)27-12-4-1-5-13-27)26-17-25(10-14-31-15-11-25)19-8-9-21-22(16-19)33-18-32-21/h2-3,6-9,16H,1,4-5,10-15,17-18H2,(H,26,28). The van der Waals surface area contributed by atoms with Crippen LogP contribution >= 0.6 is 0 Å². The van der Waals surface area contributed by atoms with Gasteiger partial charge in [0.2, 0.25) is 16.8 Å². The summed E-state index contributed by atoms with van der Waals surface area (Å²) in [6.45, 7) is 2.73. The summed E-state index contributed by atoms with van der Waals surface area (Å²) in [5.41, 5.74) is 0.894. The molecule has 3 aliphatic rings. The number of benzene rings is 2. The van der Waals surface area contributed by atoms with Gasteiger partial charge in [0.15, 0.2) is 11.5 Å². The summed E-state index contributed by atoms with van der Waals surface area (Å²) in [6, 6.07) is 12.4. The molecular formula is C25H30N2O6S. The van der Waals surface area contributed by atoms with Crippen molar-refractivity contribution in [1.29, 1.82) is 0 Å². The Kier molecular flexibility index (Phi) is 6.50. The minimum absolute atomic E-state index is 0.0681. The maximum absolute atomic E-state index is 13.3. The summed E-state index contributed by atoms with van der Waals surface area (Å²) in [4.78, 5) is 13.4. The number of fused-ring (bicyclic) bond motifs is 1. The summed E-state index contributed by atoms with van der Waals surface area (Å²) >= 11 is 0. The summed E-state index contributed by atoms with van der Waals surface area (Å²) < 4.78 is 44.7. The molecule has 0 unspecified atom stereocenters. The number of carbonyl (C=O) groups is 1. The van der Waals surface area contributed by atoms with Crippen molar-refractivity contribution in [2.45, 2.75) is 42.4 Å². The first-order chi connectivity index (χ1) is 16.5. The molecule has 5 rings (SSSR count). The molecule has 0 saturated carbocycles. The number of hydrogen-bond donors (Lipinski definition) is 1. The van der Waals surface area contributed by atoms with Crippen LogP contribution in [0, 0.1) is 0 Å². The van der Waals surface area contributed by atoms with E-state index < -0.39 is 10.0 Å². The number of rotatable bonds is 6. The molecule has 1 amide bonds. The summed E-state index contributed by atoms with van der Waals surface area (Å²) in [5, 5.41) is 3.04. The Morgan fingerprint density at radius 3 is 2.50 bits per heavy atom. The second-order valence-corrected chi connectivity index (χ2v) is 11.0. The van der Waals surface area contributed by atoms with E-state index in [1.807, 2.05) is 18.2 Å². The third kappa shape index (κ3) is 4.39. The number of nitrogens with one attached hydrogen (secondary N) is 1. The minimum atomic E-state index is -3.73. The van der Waals surface area contributed by atoms with E-state index in [1.54, 1.807) is 18.2 Å². The molecule has 2 saturated heterocycles. The van der Waals surface area contributed by atoms with Crippen LogP contribution in [0.5, 0.6) is 11.5 Å². The summed E-state index contributed by atoms with van der Waals surface area (Å²) in [7, 11) is -3.73. The van der Waals surface area contributed by atoms with Gasteiger partial charge in [0.1, 0.15) is 0 Å². The van der Waals surface area contributed by atoms with Crippen molar-refractivity contribution < 1.29 is 27.4 Å². The monoisotopic (exact) mass is 486 g/mol. The number of carbonyl (C=O) groups excluding carboxylic acids is 1.